The molecular formula is C20H19NO4. The number of esters is 1. The van der Waals surface area contributed by atoms with Crippen molar-refractivity contribution in [1.82, 2.24) is 4.90 Å². The van der Waals surface area contributed by atoms with Crippen molar-refractivity contribution in [3.63, 3.8) is 0 Å². The molecule has 1 amide bonds. The zero-order valence-corrected chi connectivity index (χ0v) is 14.0. The van der Waals surface area contributed by atoms with Crippen LogP contribution in [0.3, 0.4) is 0 Å². The Bertz CT molecular complexity index is 819. The molecule has 1 saturated heterocycles. The van der Waals surface area contributed by atoms with Gasteiger partial charge in [-0.3, -0.25) is 9.59 Å². The van der Waals surface area contributed by atoms with E-state index in [1.165, 1.54) is 0 Å². The first kappa shape index (κ1) is 15.7. The number of nitrogens with zero attached hydrogens (tertiary/aromatic N) is 1. The molecule has 0 aromatic heterocycles. The fourth-order valence-corrected chi connectivity index (χ4v) is 3.90. The summed E-state index contributed by atoms with van der Waals surface area (Å²) in [6.45, 7) is 2.84. The smallest absolute Gasteiger partial charge is 0.328 e. The van der Waals surface area contributed by atoms with Gasteiger partial charge >= 0.3 is 5.97 Å². The molecule has 0 spiro atoms. The number of ether oxygens (including phenoxy) is 2. The fraction of sp³-hybridized carbons (Fsp3) is 0.300. The van der Waals surface area contributed by atoms with E-state index in [1.54, 1.807) is 11.8 Å². The topological polar surface area (TPSA) is 55.8 Å². The zero-order chi connectivity index (χ0) is 17.4. The molecule has 1 fully saturated rings. The molecule has 2 aromatic carbocycles. The van der Waals surface area contributed by atoms with Crippen LogP contribution in [0, 0.1) is 0 Å². The van der Waals surface area contributed by atoms with Gasteiger partial charge in [0, 0.05) is 5.56 Å². The molecule has 2 aromatic rings. The lowest BCUT2D eigenvalue weighted by Crippen LogP contribution is -2.70. The summed E-state index contributed by atoms with van der Waals surface area (Å²) in [6.07, 6.45) is 0. The Kier molecular flexibility index (Phi) is 3.71. The van der Waals surface area contributed by atoms with Gasteiger partial charge in [0.25, 0.3) is 0 Å². The van der Waals surface area contributed by atoms with Crippen LogP contribution in [0.1, 0.15) is 24.1 Å². The van der Waals surface area contributed by atoms with Crippen LogP contribution in [-0.2, 0) is 19.7 Å². The lowest BCUT2D eigenvalue weighted by molar-refractivity contribution is -0.179. The van der Waals surface area contributed by atoms with E-state index in [-0.39, 0.29) is 12.5 Å². The molecule has 0 saturated carbocycles. The lowest BCUT2D eigenvalue weighted by Gasteiger charge is -2.53. The maximum Gasteiger partial charge on any atom is 0.328 e. The highest BCUT2D eigenvalue weighted by molar-refractivity contribution is 6.14. The predicted octanol–water partition coefficient (Wildman–Crippen LogP) is 2.46. The van der Waals surface area contributed by atoms with Crippen molar-refractivity contribution in [2.24, 2.45) is 0 Å². The molecule has 4 rings (SSSR count). The quantitative estimate of drug-likeness (QED) is 0.490. The van der Waals surface area contributed by atoms with Crippen LogP contribution in [-0.4, -0.2) is 36.5 Å². The summed E-state index contributed by atoms with van der Waals surface area (Å²) in [4.78, 5) is 27.9. The average Bonchev–Trinajstić information content (AvgIpc) is 2.81. The summed E-state index contributed by atoms with van der Waals surface area (Å²) >= 11 is 0. The molecule has 5 nitrogen and oxygen atoms in total. The molecule has 25 heavy (non-hydrogen) atoms. The van der Waals surface area contributed by atoms with Gasteiger partial charge in [0.2, 0.25) is 5.91 Å². The second-order valence-electron chi connectivity index (χ2n) is 6.18. The fourth-order valence-electron chi connectivity index (χ4n) is 3.90. The minimum absolute atomic E-state index is 0.220. The second kappa shape index (κ2) is 5.92. The van der Waals surface area contributed by atoms with E-state index >= 15 is 0 Å². The van der Waals surface area contributed by atoms with Crippen LogP contribution in [0.25, 0.3) is 0 Å². The molecule has 2 heterocycles. The van der Waals surface area contributed by atoms with Crippen molar-refractivity contribution in [1.29, 1.82) is 0 Å². The van der Waals surface area contributed by atoms with Crippen molar-refractivity contribution in [3.8, 4) is 5.75 Å². The maximum atomic E-state index is 13.2. The summed E-state index contributed by atoms with van der Waals surface area (Å²) in [7, 11) is 0. The Labute approximate surface area is 146 Å². The van der Waals surface area contributed by atoms with E-state index in [0.717, 1.165) is 5.56 Å². The Hall–Kier alpha value is -2.82. The van der Waals surface area contributed by atoms with Crippen LogP contribution < -0.4 is 4.74 Å². The Morgan fingerprint density at radius 1 is 1.20 bits per heavy atom. The van der Waals surface area contributed by atoms with Gasteiger partial charge in [-0.15, -0.1) is 0 Å². The van der Waals surface area contributed by atoms with Crippen LogP contribution >= 0.6 is 0 Å². The van der Waals surface area contributed by atoms with E-state index in [2.05, 4.69) is 0 Å². The normalized spacial score (nSPS) is 24.3. The molecule has 0 bridgehead atoms. The van der Waals surface area contributed by atoms with Gasteiger partial charge in [-0.25, -0.2) is 0 Å². The van der Waals surface area contributed by atoms with E-state index in [0.29, 0.717) is 24.5 Å². The second-order valence-corrected chi connectivity index (χ2v) is 6.18. The molecule has 5 heteroatoms. The SMILES string of the molecule is CCOC(=O)[C@]1(c2ccccc2)C(=O)N2CCOc3ccccc3[C@@H]21. The first-order valence-electron chi connectivity index (χ1n) is 8.46. The highest BCUT2D eigenvalue weighted by Gasteiger charge is 2.68. The van der Waals surface area contributed by atoms with Crippen molar-refractivity contribution < 1.29 is 19.1 Å². The first-order valence-corrected chi connectivity index (χ1v) is 8.46. The number of β-lactam (4-membered cyclic amide) rings is 1. The van der Waals surface area contributed by atoms with Gasteiger partial charge in [0.05, 0.1) is 19.2 Å². The number of carbonyl (C=O) groups excluding carboxylic acids is 2. The van der Waals surface area contributed by atoms with Crippen LogP contribution in [0.2, 0.25) is 0 Å². The van der Waals surface area contributed by atoms with Gasteiger partial charge in [-0.1, -0.05) is 48.5 Å². The van der Waals surface area contributed by atoms with E-state index in [1.807, 2.05) is 54.6 Å². The van der Waals surface area contributed by atoms with Crippen LogP contribution in [0.15, 0.2) is 54.6 Å². The summed E-state index contributed by atoms with van der Waals surface area (Å²) < 4.78 is 11.2. The number of amides is 1. The highest BCUT2D eigenvalue weighted by Crippen LogP contribution is 2.55. The van der Waals surface area contributed by atoms with Crippen molar-refractivity contribution in [3.05, 3.63) is 65.7 Å². The third-order valence-electron chi connectivity index (χ3n) is 4.95. The summed E-state index contributed by atoms with van der Waals surface area (Å²) in [5.74, 6) is -0.00119. The number of hydrogen-bond acceptors (Lipinski definition) is 4. The molecule has 2 atom stereocenters. The molecule has 0 N–H and O–H groups in total. The van der Waals surface area contributed by atoms with Crippen molar-refractivity contribution >= 4 is 11.9 Å². The monoisotopic (exact) mass is 337 g/mol. The average molecular weight is 337 g/mol. The van der Waals surface area contributed by atoms with Gasteiger partial charge in [0.15, 0.2) is 5.41 Å². The molecule has 2 aliphatic rings. The minimum atomic E-state index is -1.35. The Balaban J connectivity index is 1.93. The van der Waals surface area contributed by atoms with Gasteiger partial charge < -0.3 is 14.4 Å². The van der Waals surface area contributed by atoms with E-state index < -0.39 is 17.4 Å². The summed E-state index contributed by atoms with van der Waals surface area (Å²) in [5, 5.41) is 0. The molecule has 128 valence electrons. The van der Waals surface area contributed by atoms with Gasteiger partial charge in [0.1, 0.15) is 12.4 Å². The van der Waals surface area contributed by atoms with Crippen molar-refractivity contribution in [2.75, 3.05) is 19.8 Å². The molecule has 0 radical (unpaired) electrons. The Morgan fingerprint density at radius 3 is 2.68 bits per heavy atom. The number of carbonyl (C=O) groups is 2. The Morgan fingerprint density at radius 2 is 1.92 bits per heavy atom. The van der Waals surface area contributed by atoms with E-state index in [9.17, 15) is 9.59 Å². The van der Waals surface area contributed by atoms with Gasteiger partial charge in [-0.2, -0.15) is 0 Å². The summed E-state index contributed by atoms with van der Waals surface area (Å²) in [5.41, 5.74) is 0.161. The first-order chi connectivity index (χ1) is 12.2. The van der Waals surface area contributed by atoms with Gasteiger partial charge in [-0.05, 0) is 18.6 Å². The van der Waals surface area contributed by atoms with Crippen molar-refractivity contribution in [2.45, 2.75) is 18.4 Å². The molecule has 0 unspecified atom stereocenters. The van der Waals surface area contributed by atoms with E-state index in [4.69, 9.17) is 9.47 Å². The predicted molar refractivity (Wildman–Crippen MR) is 91.1 cm³/mol. The highest BCUT2D eigenvalue weighted by atomic mass is 16.5. The number of fused-ring (bicyclic) bond motifs is 3. The number of para-hydroxylation sites is 1. The molecular weight excluding hydrogens is 318 g/mol. The van der Waals surface area contributed by atoms with Crippen LogP contribution in [0.5, 0.6) is 5.75 Å². The number of hydrogen-bond donors (Lipinski definition) is 0. The number of rotatable bonds is 3. The lowest BCUT2D eigenvalue weighted by atomic mass is 9.63. The van der Waals surface area contributed by atoms with Crippen LogP contribution in [0.4, 0.5) is 0 Å². The summed E-state index contributed by atoms with van der Waals surface area (Å²) in [6, 6.07) is 16.4. The maximum absolute atomic E-state index is 13.2. The minimum Gasteiger partial charge on any atom is -0.491 e. The number of benzene rings is 2. The third-order valence-corrected chi connectivity index (χ3v) is 4.95. The largest absolute Gasteiger partial charge is 0.491 e. The molecule has 0 aliphatic carbocycles. The standard InChI is InChI=1S/C20H19NO4/c1-2-24-19(23)20(14-8-4-3-5-9-14)17-15-10-6-7-11-16(15)25-13-12-21(17)18(20)22/h3-11,17H,2,12-13H2,1H3/t17-,20+/m1/s1. The third kappa shape index (κ3) is 2.08. The zero-order valence-electron chi connectivity index (χ0n) is 14.0. The molecule has 2 aliphatic heterocycles.